The Morgan fingerprint density at radius 2 is 1.76 bits per heavy atom. The second-order valence-electron chi connectivity index (χ2n) is 6.74. The fourth-order valence-electron chi connectivity index (χ4n) is 2.77. The Kier molecular flexibility index (Phi) is 8.43. The van der Waals surface area contributed by atoms with Crippen molar-refractivity contribution in [3.05, 3.63) is 87.5 Å². The topological polar surface area (TPSA) is 100 Å². The van der Waals surface area contributed by atoms with Gasteiger partial charge >= 0.3 is 0 Å². The van der Waals surface area contributed by atoms with Crippen LogP contribution in [0.3, 0.4) is 0 Å². The first-order valence-corrected chi connectivity index (χ1v) is 10.9. The summed E-state index contributed by atoms with van der Waals surface area (Å²) in [6, 6.07) is 23.0. The minimum Gasteiger partial charge on any atom is -0.497 e. The van der Waals surface area contributed by atoms with Crippen LogP contribution in [0.1, 0.15) is 5.56 Å². The summed E-state index contributed by atoms with van der Waals surface area (Å²) in [5.41, 5.74) is 1.84. The van der Waals surface area contributed by atoms with Crippen molar-refractivity contribution in [3.63, 3.8) is 0 Å². The van der Waals surface area contributed by atoms with Gasteiger partial charge in [0.2, 0.25) is 0 Å². The molecular formula is C25H20IN3O4. The molecule has 0 unspecified atom stereocenters. The first-order valence-electron chi connectivity index (χ1n) is 9.83. The average Bonchev–Trinajstić information content (AvgIpc) is 2.83. The van der Waals surface area contributed by atoms with E-state index in [4.69, 9.17) is 9.47 Å². The molecule has 0 bridgehead atoms. The lowest BCUT2D eigenvalue weighted by atomic mass is 10.1. The number of hydrogen-bond donors (Lipinski definition) is 2. The molecule has 0 spiro atoms. The van der Waals surface area contributed by atoms with Crippen LogP contribution in [0.25, 0.3) is 6.08 Å². The summed E-state index contributed by atoms with van der Waals surface area (Å²) >= 11 is 2.15. The number of ether oxygens (including phenoxy) is 2. The molecule has 0 saturated heterocycles. The lowest BCUT2D eigenvalue weighted by Crippen LogP contribution is -2.20. The maximum Gasteiger partial charge on any atom is 0.266 e. The van der Waals surface area contributed by atoms with Crippen LogP contribution in [-0.2, 0) is 9.59 Å². The highest BCUT2D eigenvalue weighted by Gasteiger charge is 2.10. The first kappa shape index (κ1) is 23.8. The molecule has 8 heteroatoms. The molecule has 166 valence electrons. The molecule has 3 aromatic rings. The van der Waals surface area contributed by atoms with Crippen molar-refractivity contribution in [1.29, 1.82) is 5.26 Å². The standard InChI is InChI=1S/C25H20IN3O4/c1-32-21-6-4-5-19(14-21)28-25(31)18(15-27)13-17-9-11-20(12-10-17)33-16-24(30)29-23-8-3-2-7-22(23)26/h2-14H,16H2,1H3,(H,28,31)(H,29,30)/b18-13+. The lowest BCUT2D eigenvalue weighted by Gasteiger charge is -2.09. The fourth-order valence-corrected chi connectivity index (χ4v) is 3.29. The van der Waals surface area contributed by atoms with Gasteiger partial charge in [-0.2, -0.15) is 5.26 Å². The number of halogens is 1. The molecule has 2 amide bonds. The summed E-state index contributed by atoms with van der Waals surface area (Å²) in [5, 5.41) is 14.9. The number of benzene rings is 3. The largest absolute Gasteiger partial charge is 0.497 e. The Balaban J connectivity index is 1.58. The predicted molar refractivity (Wildman–Crippen MR) is 135 cm³/mol. The van der Waals surface area contributed by atoms with Crippen LogP contribution < -0.4 is 20.1 Å². The SMILES string of the molecule is COc1cccc(NC(=O)/C(C#N)=C/c2ccc(OCC(=O)Nc3ccccc3I)cc2)c1. The Morgan fingerprint density at radius 1 is 1.00 bits per heavy atom. The van der Waals surface area contributed by atoms with E-state index in [1.165, 1.54) is 13.2 Å². The number of amides is 2. The number of nitrogens with zero attached hydrogens (tertiary/aromatic N) is 1. The molecule has 0 atom stereocenters. The molecule has 0 heterocycles. The van der Waals surface area contributed by atoms with E-state index < -0.39 is 5.91 Å². The number of nitrogens with one attached hydrogen (secondary N) is 2. The van der Waals surface area contributed by atoms with E-state index in [0.717, 1.165) is 9.26 Å². The molecular weight excluding hydrogens is 533 g/mol. The molecule has 3 rings (SSSR count). The van der Waals surface area contributed by atoms with Crippen LogP contribution >= 0.6 is 22.6 Å². The highest BCUT2D eigenvalue weighted by molar-refractivity contribution is 14.1. The van der Waals surface area contributed by atoms with Crippen molar-refractivity contribution in [3.8, 4) is 17.6 Å². The molecule has 2 N–H and O–H groups in total. The molecule has 0 fully saturated rings. The number of nitriles is 1. The Hall–Kier alpha value is -3.84. The summed E-state index contributed by atoms with van der Waals surface area (Å²) in [4.78, 5) is 24.6. The number of rotatable bonds is 8. The summed E-state index contributed by atoms with van der Waals surface area (Å²) in [6.07, 6.45) is 1.48. The zero-order chi connectivity index (χ0) is 23.6. The number of hydrogen-bond acceptors (Lipinski definition) is 5. The van der Waals surface area contributed by atoms with E-state index in [1.54, 1.807) is 48.5 Å². The Morgan fingerprint density at radius 3 is 2.45 bits per heavy atom. The molecule has 33 heavy (non-hydrogen) atoms. The smallest absolute Gasteiger partial charge is 0.266 e. The molecule has 0 saturated carbocycles. The molecule has 3 aromatic carbocycles. The maximum atomic E-state index is 12.5. The van der Waals surface area contributed by atoms with Crippen molar-refractivity contribution < 1.29 is 19.1 Å². The molecule has 0 aliphatic carbocycles. The van der Waals surface area contributed by atoms with Crippen molar-refractivity contribution in [2.24, 2.45) is 0 Å². The first-order chi connectivity index (χ1) is 16.0. The number of para-hydroxylation sites is 1. The van der Waals surface area contributed by atoms with Crippen LogP contribution in [0, 0.1) is 14.9 Å². The summed E-state index contributed by atoms with van der Waals surface area (Å²) in [5.74, 6) is 0.282. The van der Waals surface area contributed by atoms with Crippen molar-refractivity contribution in [2.75, 3.05) is 24.4 Å². The summed E-state index contributed by atoms with van der Waals surface area (Å²) in [6.45, 7) is -0.146. The lowest BCUT2D eigenvalue weighted by molar-refractivity contribution is -0.118. The van der Waals surface area contributed by atoms with Crippen LogP contribution in [0.5, 0.6) is 11.5 Å². The Bertz CT molecular complexity index is 1220. The van der Waals surface area contributed by atoms with Gasteiger partial charge in [-0.25, -0.2) is 0 Å². The highest BCUT2D eigenvalue weighted by Crippen LogP contribution is 2.19. The van der Waals surface area contributed by atoms with Crippen molar-refractivity contribution in [1.82, 2.24) is 0 Å². The molecule has 0 aliphatic heterocycles. The van der Waals surface area contributed by atoms with Gasteiger partial charge in [0.05, 0.1) is 12.8 Å². The summed E-state index contributed by atoms with van der Waals surface area (Å²) < 4.78 is 11.6. The minimum absolute atomic E-state index is 0.0525. The molecule has 0 aliphatic rings. The van der Waals surface area contributed by atoms with Gasteiger partial charge in [-0.1, -0.05) is 30.3 Å². The van der Waals surface area contributed by atoms with Gasteiger partial charge in [-0.05, 0) is 70.6 Å². The number of carbonyl (C=O) groups is 2. The van der Waals surface area contributed by atoms with Crippen LogP contribution in [0.15, 0.2) is 78.4 Å². The zero-order valence-corrected chi connectivity index (χ0v) is 19.8. The van der Waals surface area contributed by atoms with Crippen LogP contribution in [0.2, 0.25) is 0 Å². The second-order valence-corrected chi connectivity index (χ2v) is 7.90. The van der Waals surface area contributed by atoms with E-state index >= 15 is 0 Å². The monoisotopic (exact) mass is 553 g/mol. The van der Waals surface area contributed by atoms with E-state index in [1.807, 2.05) is 30.3 Å². The van der Waals surface area contributed by atoms with Crippen LogP contribution in [-0.4, -0.2) is 25.5 Å². The average molecular weight is 553 g/mol. The molecule has 0 radical (unpaired) electrons. The number of anilines is 2. The predicted octanol–water partition coefficient (Wildman–Crippen LogP) is 4.86. The third-order valence-electron chi connectivity index (χ3n) is 4.40. The molecule has 0 aromatic heterocycles. The second kappa shape index (κ2) is 11.7. The van der Waals surface area contributed by atoms with E-state index in [0.29, 0.717) is 22.7 Å². The van der Waals surface area contributed by atoms with Crippen molar-refractivity contribution in [2.45, 2.75) is 0 Å². The van der Waals surface area contributed by atoms with Gasteiger partial charge < -0.3 is 20.1 Å². The minimum atomic E-state index is -0.529. The normalized spacial score (nSPS) is 10.6. The van der Waals surface area contributed by atoms with E-state index in [-0.39, 0.29) is 18.1 Å². The van der Waals surface area contributed by atoms with Crippen LogP contribution in [0.4, 0.5) is 11.4 Å². The quantitative estimate of drug-likeness (QED) is 0.236. The number of carbonyl (C=O) groups excluding carboxylic acids is 2. The highest BCUT2D eigenvalue weighted by atomic mass is 127. The van der Waals surface area contributed by atoms with Gasteiger partial charge in [0.1, 0.15) is 23.1 Å². The third kappa shape index (κ3) is 7.08. The van der Waals surface area contributed by atoms with Gasteiger partial charge in [-0.15, -0.1) is 0 Å². The summed E-state index contributed by atoms with van der Waals surface area (Å²) in [7, 11) is 1.53. The zero-order valence-electron chi connectivity index (χ0n) is 17.7. The number of methoxy groups -OCH3 is 1. The van der Waals surface area contributed by atoms with Gasteiger partial charge in [-0.3, -0.25) is 9.59 Å². The van der Waals surface area contributed by atoms with Crippen molar-refractivity contribution >= 4 is 51.9 Å². The van der Waals surface area contributed by atoms with Gasteiger partial charge in [0.15, 0.2) is 6.61 Å². The third-order valence-corrected chi connectivity index (χ3v) is 5.34. The Labute approximate surface area is 205 Å². The molecule has 7 nitrogen and oxygen atoms in total. The van der Waals surface area contributed by atoms with E-state index in [2.05, 4.69) is 33.2 Å². The van der Waals surface area contributed by atoms with E-state index in [9.17, 15) is 14.9 Å². The maximum absolute atomic E-state index is 12.5. The van der Waals surface area contributed by atoms with Gasteiger partial charge in [0.25, 0.3) is 11.8 Å². The fraction of sp³-hybridized carbons (Fsp3) is 0.0800. The van der Waals surface area contributed by atoms with Gasteiger partial charge in [0, 0.05) is 15.3 Å².